The molecule has 0 amide bonds. The first-order valence-corrected chi connectivity index (χ1v) is 8.12. The molecule has 0 aromatic heterocycles. The van der Waals surface area contributed by atoms with Crippen LogP contribution in [0.3, 0.4) is 0 Å². The number of rotatable bonds is 1. The average Bonchev–Trinajstić information content (AvgIpc) is 2.55. The fraction of sp³-hybridized carbons (Fsp3) is 0.333. The summed E-state index contributed by atoms with van der Waals surface area (Å²) >= 11 is 0. The van der Waals surface area contributed by atoms with Gasteiger partial charge >= 0.3 is 0 Å². The minimum Gasteiger partial charge on any atom is -0.0726 e. The SMILES string of the molecule is C[C@]12CCc3ccccc3C1=C[C@H](c1ccccc1)CC2. The molecule has 2 aliphatic carbocycles. The standard InChI is InChI=1S/C21H22/c1-21-13-11-17-9-5-6-10-19(17)20(21)15-18(12-14-21)16-7-3-2-4-8-16/h2-10,15,18H,11-14H2,1H3/t18-,21-/m1/s1. The van der Waals surface area contributed by atoms with Crippen molar-refractivity contribution >= 4 is 5.57 Å². The third-order valence-electron chi connectivity index (χ3n) is 5.51. The van der Waals surface area contributed by atoms with Crippen molar-refractivity contribution in [1.82, 2.24) is 0 Å². The summed E-state index contributed by atoms with van der Waals surface area (Å²) in [5.74, 6) is 0.584. The molecule has 2 aliphatic rings. The summed E-state index contributed by atoms with van der Waals surface area (Å²) in [6.45, 7) is 2.47. The lowest BCUT2D eigenvalue weighted by Gasteiger charge is -2.42. The molecule has 2 aromatic rings. The van der Waals surface area contributed by atoms with Crippen molar-refractivity contribution in [3.63, 3.8) is 0 Å². The highest BCUT2D eigenvalue weighted by atomic mass is 14.4. The molecule has 106 valence electrons. The van der Waals surface area contributed by atoms with Crippen LogP contribution in [-0.2, 0) is 6.42 Å². The van der Waals surface area contributed by atoms with E-state index in [1.807, 2.05) is 0 Å². The fourth-order valence-electron chi connectivity index (χ4n) is 4.14. The van der Waals surface area contributed by atoms with Crippen LogP contribution < -0.4 is 0 Å². The predicted molar refractivity (Wildman–Crippen MR) is 89.3 cm³/mol. The van der Waals surface area contributed by atoms with E-state index in [1.54, 1.807) is 5.57 Å². The van der Waals surface area contributed by atoms with Gasteiger partial charge in [0.1, 0.15) is 0 Å². The lowest BCUT2D eigenvalue weighted by atomic mass is 9.62. The maximum atomic E-state index is 2.57. The Labute approximate surface area is 127 Å². The van der Waals surface area contributed by atoms with Gasteiger partial charge in [-0.1, -0.05) is 67.6 Å². The van der Waals surface area contributed by atoms with Gasteiger partial charge in [-0.05, 0) is 53.4 Å². The summed E-state index contributed by atoms with van der Waals surface area (Å²) in [6.07, 6.45) is 7.70. The first kappa shape index (κ1) is 12.9. The van der Waals surface area contributed by atoms with E-state index >= 15 is 0 Å². The molecule has 0 radical (unpaired) electrons. The molecule has 21 heavy (non-hydrogen) atoms. The highest BCUT2D eigenvalue weighted by Crippen LogP contribution is 2.52. The lowest BCUT2D eigenvalue weighted by Crippen LogP contribution is -2.28. The van der Waals surface area contributed by atoms with E-state index in [-0.39, 0.29) is 0 Å². The molecule has 0 aliphatic heterocycles. The normalized spacial score (nSPS) is 27.5. The summed E-state index contributed by atoms with van der Waals surface area (Å²) in [7, 11) is 0. The van der Waals surface area contributed by atoms with Gasteiger partial charge in [-0.2, -0.15) is 0 Å². The Morgan fingerprint density at radius 1 is 0.905 bits per heavy atom. The Morgan fingerprint density at radius 3 is 2.52 bits per heavy atom. The van der Waals surface area contributed by atoms with E-state index < -0.39 is 0 Å². The molecule has 0 bridgehead atoms. The van der Waals surface area contributed by atoms with Crippen molar-refractivity contribution in [2.75, 3.05) is 0 Å². The van der Waals surface area contributed by atoms with E-state index in [1.165, 1.54) is 42.4 Å². The third-order valence-corrected chi connectivity index (χ3v) is 5.51. The largest absolute Gasteiger partial charge is 0.0726 e. The van der Waals surface area contributed by atoms with Crippen molar-refractivity contribution in [1.29, 1.82) is 0 Å². The summed E-state index contributed by atoms with van der Waals surface area (Å²) in [5.41, 5.74) is 6.50. The highest BCUT2D eigenvalue weighted by molar-refractivity contribution is 5.75. The Balaban J connectivity index is 1.81. The Bertz CT molecular complexity index is 680. The summed E-state index contributed by atoms with van der Waals surface area (Å²) < 4.78 is 0. The predicted octanol–water partition coefficient (Wildman–Crippen LogP) is 5.60. The van der Waals surface area contributed by atoms with Crippen LogP contribution in [0.25, 0.3) is 5.57 Å². The fourth-order valence-corrected chi connectivity index (χ4v) is 4.14. The topological polar surface area (TPSA) is 0 Å². The zero-order valence-corrected chi connectivity index (χ0v) is 12.7. The summed E-state index contributed by atoms with van der Waals surface area (Å²) in [6, 6.07) is 20.0. The summed E-state index contributed by atoms with van der Waals surface area (Å²) in [5, 5.41) is 0. The zero-order valence-electron chi connectivity index (χ0n) is 12.7. The van der Waals surface area contributed by atoms with Crippen molar-refractivity contribution in [3.05, 3.63) is 77.4 Å². The minimum absolute atomic E-state index is 0.389. The van der Waals surface area contributed by atoms with Crippen molar-refractivity contribution in [2.24, 2.45) is 5.41 Å². The number of hydrogen-bond acceptors (Lipinski definition) is 0. The van der Waals surface area contributed by atoms with Crippen LogP contribution in [0.5, 0.6) is 0 Å². The lowest BCUT2D eigenvalue weighted by molar-refractivity contribution is 0.335. The van der Waals surface area contributed by atoms with Gasteiger partial charge in [0, 0.05) is 5.92 Å². The Morgan fingerprint density at radius 2 is 1.67 bits per heavy atom. The van der Waals surface area contributed by atoms with Gasteiger partial charge in [-0.15, -0.1) is 0 Å². The average molecular weight is 274 g/mol. The molecule has 0 spiro atoms. The van der Waals surface area contributed by atoms with Gasteiger partial charge in [0.15, 0.2) is 0 Å². The maximum absolute atomic E-state index is 2.57. The molecule has 0 heteroatoms. The second-order valence-corrected chi connectivity index (χ2v) is 6.85. The smallest absolute Gasteiger partial charge is 0.00245 e. The van der Waals surface area contributed by atoms with Gasteiger partial charge in [0.2, 0.25) is 0 Å². The van der Waals surface area contributed by atoms with E-state index in [4.69, 9.17) is 0 Å². The number of fused-ring (bicyclic) bond motifs is 3. The van der Waals surface area contributed by atoms with Gasteiger partial charge in [-0.3, -0.25) is 0 Å². The maximum Gasteiger partial charge on any atom is 0.00245 e. The first-order valence-electron chi connectivity index (χ1n) is 8.12. The van der Waals surface area contributed by atoms with E-state index in [2.05, 4.69) is 67.6 Å². The molecule has 0 N–H and O–H groups in total. The van der Waals surface area contributed by atoms with Crippen molar-refractivity contribution in [3.8, 4) is 0 Å². The van der Waals surface area contributed by atoms with Crippen LogP contribution in [0, 0.1) is 5.41 Å². The molecule has 0 nitrogen and oxygen atoms in total. The van der Waals surface area contributed by atoms with Crippen LogP contribution >= 0.6 is 0 Å². The second-order valence-electron chi connectivity index (χ2n) is 6.85. The quantitative estimate of drug-likeness (QED) is 0.635. The zero-order chi connectivity index (χ0) is 14.3. The van der Waals surface area contributed by atoms with Gasteiger partial charge in [0.25, 0.3) is 0 Å². The number of hydrogen-bond donors (Lipinski definition) is 0. The van der Waals surface area contributed by atoms with Gasteiger partial charge in [-0.25, -0.2) is 0 Å². The number of allylic oxidation sites excluding steroid dienone is 2. The van der Waals surface area contributed by atoms with Crippen LogP contribution in [-0.4, -0.2) is 0 Å². The molecule has 2 aromatic carbocycles. The van der Waals surface area contributed by atoms with Gasteiger partial charge in [0.05, 0.1) is 0 Å². The molecular weight excluding hydrogens is 252 g/mol. The number of aryl methyl sites for hydroxylation is 1. The molecule has 0 unspecified atom stereocenters. The Hall–Kier alpha value is -1.82. The van der Waals surface area contributed by atoms with Crippen molar-refractivity contribution < 1.29 is 0 Å². The van der Waals surface area contributed by atoms with Crippen molar-refractivity contribution in [2.45, 2.75) is 38.5 Å². The van der Waals surface area contributed by atoms with Crippen LogP contribution in [0.15, 0.2) is 60.7 Å². The second kappa shape index (κ2) is 4.87. The molecule has 0 heterocycles. The van der Waals surface area contributed by atoms with E-state index in [0.29, 0.717) is 11.3 Å². The van der Waals surface area contributed by atoms with Gasteiger partial charge < -0.3 is 0 Å². The number of benzene rings is 2. The first-order chi connectivity index (χ1) is 10.3. The molecule has 2 atom stereocenters. The van der Waals surface area contributed by atoms with E-state index in [0.717, 1.165) is 0 Å². The molecule has 0 saturated carbocycles. The Kier molecular flexibility index (Phi) is 2.99. The molecule has 0 fully saturated rings. The van der Waals surface area contributed by atoms with E-state index in [9.17, 15) is 0 Å². The molecule has 0 saturated heterocycles. The van der Waals surface area contributed by atoms with Crippen LogP contribution in [0.2, 0.25) is 0 Å². The molecule has 4 rings (SSSR count). The third kappa shape index (κ3) is 2.14. The van der Waals surface area contributed by atoms with Crippen LogP contribution in [0.1, 0.15) is 48.8 Å². The minimum atomic E-state index is 0.389. The molecular formula is C21H22. The van der Waals surface area contributed by atoms with Crippen LogP contribution in [0.4, 0.5) is 0 Å². The summed E-state index contributed by atoms with van der Waals surface area (Å²) in [4.78, 5) is 0. The highest BCUT2D eigenvalue weighted by Gasteiger charge is 2.37. The monoisotopic (exact) mass is 274 g/mol.